The number of aromatic nitrogens is 1. The van der Waals surface area contributed by atoms with Crippen molar-refractivity contribution in [2.24, 2.45) is 0 Å². The molecule has 98 valence electrons. The van der Waals surface area contributed by atoms with Crippen molar-refractivity contribution in [3.05, 3.63) is 46.4 Å². The monoisotopic (exact) mass is 276 g/mol. The molecule has 0 aliphatic rings. The van der Waals surface area contributed by atoms with E-state index < -0.39 is 5.97 Å². The molecule has 1 aromatic heterocycles. The highest BCUT2D eigenvalue weighted by Gasteiger charge is 2.20. The number of anilines is 1. The molecule has 0 aliphatic carbocycles. The molecule has 0 radical (unpaired) electrons. The average molecular weight is 276 g/mol. The highest BCUT2D eigenvalue weighted by atomic mass is 32.1. The van der Waals surface area contributed by atoms with Crippen molar-refractivity contribution in [2.45, 2.75) is 0 Å². The molecule has 5 nitrogen and oxygen atoms in total. The Balaban J connectivity index is 2.36. The molecule has 0 fully saturated rings. The molecule has 1 amide bonds. The van der Waals surface area contributed by atoms with Gasteiger partial charge in [0.15, 0.2) is 0 Å². The van der Waals surface area contributed by atoms with Gasteiger partial charge in [-0.1, -0.05) is 12.1 Å². The molecule has 0 spiro atoms. The van der Waals surface area contributed by atoms with Crippen LogP contribution < -0.4 is 4.90 Å². The van der Waals surface area contributed by atoms with Crippen molar-refractivity contribution in [3.63, 3.8) is 0 Å². The molecule has 1 aromatic carbocycles. The van der Waals surface area contributed by atoms with Gasteiger partial charge in [-0.15, -0.1) is 11.3 Å². The van der Waals surface area contributed by atoms with Gasteiger partial charge >= 0.3 is 5.97 Å². The molecule has 0 bridgehead atoms. The maximum absolute atomic E-state index is 12.2. The second-order valence-corrected chi connectivity index (χ2v) is 4.47. The first-order valence-corrected chi connectivity index (χ1v) is 6.43. The Hall–Kier alpha value is -2.21. The van der Waals surface area contributed by atoms with E-state index in [2.05, 4.69) is 4.98 Å². The van der Waals surface area contributed by atoms with Crippen LogP contribution in [0.4, 0.5) is 5.69 Å². The standard InChI is InChI=1S/C13H12N2O3S/c1-15(12(16)10-7-19-8-14-10)11-6-4-3-5-9(11)13(17)18-2/h3-8H,1-2H3. The lowest BCUT2D eigenvalue weighted by molar-refractivity contribution is 0.0601. The third-order valence-corrected chi connectivity index (χ3v) is 3.21. The molecule has 1 heterocycles. The summed E-state index contributed by atoms with van der Waals surface area (Å²) in [5, 5.41) is 1.67. The van der Waals surface area contributed by atoms with E-state index in [1.807, 2.05) is 0 Å². The number of carbonyl (C=O) groups excluding carboxylic acids is 2. The molecule has 0 saturated heterocycles. The fraction of sp³-hybridized carbons (Fsp3) is 0.154. The topological polar surface area (TPSA) is 59.5 Å². The van der Waals surface area contributed by atoms with Gasteiger partial charge in [0.1, 0.15) is 5.69 Å². The van der Waals surface area contributed by atoms with Crippen LogP contribution in [0.2, 0.25) is 0 Å². The third kappa shape index (κ3) is 2.63. The zero-order valence-corrected chi connectivity index (χ0v) is 11.3. The molecule has 0 unspecified atom stereocenters. The first-order valence-electron chi connectivity index (χ1n) is 5.48. The van der Waals surface area contributed by atoms with Crippen LogP contribution in [0.3, 0.4) is 0 Å². The first kappa shape index (κ1) is 13.2. The van der Waals surface area contributed by atoms with Gasteiger partial charge in [0, 0.05) is 12.4 Å². The number of rotatable bonds is 3. The van der Waals surface area contributed by atoms with Crippen LogP contribution in [0.1, 0.15) is 20.8 Å². The van der Waals surface area contributed by atoms with Gasteiger partial charge in [0.2, 0.25) is 0 Å². The van der Waals surface area contributed by atoms with Crippen LogP contribution >= 0.6 is 11.3 Å². The molecule has 0 saturated carbocycles. The van der Waals surface area contributed by atoms with E-state index in [9.17, 15) is 9.59 Å². The Bertz CT molecular complexity index is 596. The number of amides is 1. The molecule has 6 heteroatoms. The van der Waals surface area contributed by atoms with Crippen molar-refractivity contribution in [3.8, 4) is 0 Å². The van der Waals surface area contributed by atoms with E-state index in [0.717, 1.165) is 0 Å². The Morgan fingerprint density at radius 3 is 2.68 bits per heavy atom. The van der Waals surface area contributed by atoms with Crippen LogP contribution in [0.15, 0.2) is 35.2 Å². The summed E-state index contributed by atoms with van der Waals surface area (Å²) in [6, 6.07) is 6.78. The van der Waals surface area contributed by atoms with Crippen molar-refractivity contribution < 1.29 is 14.3 Å². The highest BCUT2D eigenvalue weighted by molar-refractivity contribution is 7.07. The SMILES string of the molecule is COC(=O)c1ccccc1N(C)C(=O)c1cscn1. The summed E-state index contributed by atoms with van der Waals surface area (Å²) in [6.45, 7) is 0. The molecule has 0 N–H and O–H groups in total. The van der Waals surface area contributed by atoms with Gasteiger partial charge in [-0.25, -0.2) is 9.78 Å². The fourth-order valence-corrected chi connectivity index (χ4v) is 2.17. The van der Waals surface area contributed by atoms with Crippen LogP contribution in [0.5, 0.6) is 0 Å². The number of hydrogen-bond donors (Lipinski definition) is 0. The largest absolute Gasteiger partial charge is 0.465 e. The van der Waals surface area contributed by atoms with Crippen molar-refractivity contribution >= 4 is 28.9 Å². The van der Waals surface area contributed by atoms with Crippen molar-refractivity contribution in [1.82, 2.24) is 4.98 Å². The molecule has 19 heavy (non-hydrogen) atoms. The predicted octanol–water partition coefficient (Wildman–Crippen LogP) is 2.21. The van der Waals surface area contributed by atoms with E-state index in [4.69, 9.17) is 4.74 Å². The molecule has 2 rings (SSSR count). The van der Waals surface area contributed by atoms with Gasteiger partial charge in [-0.05, 0) is 12.1 Å². The zero-order valence-electron chi connectivity index (χ0n) is 10.5. The minimum Gasteiger partial charge on any atom is -0.465 e. The number of methoxy groups -OCH3 is 1. The van der Waals surface area contributed by atoms with Crippen LogP contribution in [0, 0.1) is 0 Å². The van der Waals surface area contributed by atoms with Crippen LogP contribution in [-0.2, 0) is 4.74 Å². The van der Waals surface area contributed by atoms with E-state index in [1.54, 1.807) is 42.2 Å². The second kappa shape index (κ2) is 5.62. The van der Waals surface area contributed by atoms with Crippen LogP contribution in [0.25, 0.3) is 0 Å². The number of ether oxygens (including phenoxy) is 1. The number of nitrogens with zero attached hydrogens (tertiary/aromatic N) is 2. The number of benzene rings is 1. The lowest BCUT2D eigenvalue weighted by atomic mass is 10.1. The van der Waals surface area contributed by atoms with Crippen LogP contribution in [-0.4, -0.2) is 31.0 Å². The highest BCUT2D eigenvalue weighted by Crippen LogP contribution is 2.21. The van der Waals surface area contributed by atoms with Gasteiger partial charge in [0.05, 0.1) is 23.9 Å². The molecular weight excluding hydrogens is 264 g/mol. The average Bonchev–Trinajstić information content (AvgIpc) is 2.99. The number of para-hydroxylation sites is 1. The van der Waals surface area contributed by atoms with Crippen molar-refractivity contribution in [1.29, 1.82) is 0 Å². The minimum atomic E-state index is -0.478. The maximum atomic E-state index is 12.2. The Kier molecular flexibility index (Phi) is 3.91. The molecular formula is C13H12N2O3S. The van der Waals surface area contributed by atoms with E-state index >= 15 is 0 Å². The Morgan fingerprint density at radius 2 is 2.05 bits per heavy atom. The number of esters is 1. The number of carbonyl (C=O) groups is 2. The van der Waals surface area contributed by atoms with Gasteiger partial charge in [0.25, 0.3) is 5.91 Å². The summed E-state index contributed by atoms with van der Waals surface area (Å²) in [6.07, 6.45) is 0. The number of thiazole rings is 1. The summed E-state index contributed by atoms with van der Waals surface area (Å²) in [5.41, 5.74) is 2.78. The summed E-state index contributed by atoms with van der Waals surface area (Å²) in [5.74, 6) is -0.744. The normalized spacial score (nSPS) is 10.0. The summed E-state index contributed by atoms with van der Waals surface area (Å²) < 4.78 is 4.71. The lowest BCUT2D eigenvalue weighted by Gasteiger charge is -2.18. The fourth-order valence-electron chi connectivity index (χ4n) is 1.65. The third-order valence-electron chi connectivity index (χ3n) is 2.63. The summed E-state index contributed by atoms with van der Waals surface area (Å²) >= 11 is 1.35. The number of hydrogen-bond acceptors (Lipinski definition) is 5. The molecule has 2 aromatic rings. The molecule has 0 aliphatic heterocycles. The summed E-state index contributed by atoms with van der Waals surface area (Å²) in [4.78, 5) is 29.2. The zero-order chi connectivity index (χ0) is 13.8. The predicted molar refractivity (Wildman–Crippen MR) is 72.6 cm³/mol. The van der Waals surface area contributed by atoms with Gasteiger partial charge in [-0.3, -0.25) is 4.79 Å². The van der Waals surface area contributed by atoms with E-state index in [0.29, 0.717) is 16.9 Å². The second-order valence-electron chi connectivity index (χ2n) is 3.75. The minimum absolute atomic E-state index is 0.266. The lowest BCUT2D eigenvalue weighted by Crippen LogP contribution is -2.28. The Labute approximate surface area is 114 Å². The smallest absolute Gasteiger partial charge is 0.339 e. The van der Waals surface area contributed by atoms with Gasteiger partial charge < -0.3 is 9.64 Å². The van der Waals surface area contributed by atoms with E-state index in [-0.39, 0.29) is 5.91 Å². The first-order chi connectivity index (χ1) is 9.15. The maximum Gasteiger partial charge on any atom is 0.339 e. The molecule has 0 atom stereocenters. The quantitative estimate of drug-likeness (QED) is 0.806. The Morgan fingerprint density at radius 1 is 1.32 bits per heavy atom. The van der Waals surface area contributed by atoms with Gasteiger partial charge in [-0.2, -0.15) is 0 Å². The van der Waals surface area contributed by atoms with Crippen molar-refractivity contribution in [2.75, 3.05) is 19.1 Å². The van der Waals surface area contributed by atoms with E-state index in [1.165, 1.54) is 23.3 Å². The summed E-state index contributed by atoms with van der Waals surface area (Å²) in [7, 11) is 2.91.